The van der Waals surface area contributed by atoms with Crippen LogP contribution < -0.4 is 9.83 Å². The maximum absolute atomic E-state index is 13.2. The van der Waals surface area contributed by atoms with Crippen LogP contribution in [-0.4, -0.2) is 32.4 Å². The van der Waals surface area contributed by atoms with Gasteiger partial charge in [-0.25, -0.2) is 13.2 Å². The van der Waals surface area contributed by atoms with Crippen LogP contribution >= 0.6 is 0 Å². The molecule has 0 fully saturated rings. The van der Waals surface area contributed by atoms with E-state index in [2.05, 4.69) is 14.7 Å². The summed E-state index contributed by atoms with van der Waals surface area (Å²) in [5.41, 5.74) is 0.621. The van der Waals surface area contributed by atoms with Crippen molar-refractivity contribution in [1.29, 1.82) is 0 Å². The molecular formula is C24H18N3O5S-. The second kappa shape index (κ2) is 9.09. The molecule has 0 atom stereocenters. The van der Waals surface area contributed by atoms with Crippen LogP contribution in [-0.2, 0) is 14.8 Å². The summed E-state index contributed by atoms with van der Waals surface area (Å²) in [6.45, 7) is 0. The van der Waals surface area contributed by atoms with E-state index in [1.807, 2.05) is 0 Å². The zero-order valence-corrected chi connectivity index (χ0v) is 18.2. The smallest absolute Gasteiger partial charge is 0.340 e. The largest absolute Gasteiger partial charge is 0.858 e. The third kappa shape index (κ3) is 4.53. The molecule has 0 aliphatic carbocycles. The van der Waals surface area contributed by atoms with E-state index in [4.69, 9.17) is 4.74 Å². The Hall–Kier alpha value is -4.24. The van der Waals surface area contributed by atoms with Gasteiger partial charge in [0.05, 0.1) is 29.6 Å². The second-order valence-electron chi connectivity index (χ2n) is 6.91. The van der Waals surface area contributed by atoms with Crippen LogP contribution in [0.2, 0.25) is 0 Å². The molecule has 0 spiro atoms. The van der Waals surface area contributed by atoms with Gasteiger partial charge in [-0.3, -0.25) is 14.7 Å². The summed E-state index contributed by atoms with van der Waals surface area (Å²) in [5, 5.41) is 13.6. The first kappa shape index (κ1) is 22.0. The van der Waals surface area contributed by atoms with Crippen LogP contribution in [0.4, 0.5) is 11.4 Å². The number of esters is 1. The molecule has 1 heterocycles. The van der Waals surface area contributed by atoms with Crippen LogP contribution in [0.25, 0.3) is 10.9 Å². The molecular weight excluding hydrogens is 442 g/mol. The van der Waals surface area contributed by atoms with Gasteiger partial charge >= 0.3 is 5.97 Å². The van der Waals surface area contributed by atoms with E-state index in [1.165, 1.54) is 43.6 Å². The van der Waals surface area contributed by atoms with Gasteiger partial charge in [-0.2, -0.15) is 0 Å². The number of hydrogen-bond acceptors (Lipinski definition) is 7. The normalized spacial score (nSPS) is 11.8. The predicted octanol–water partition coefficient (Wildman–Crippen LogP) is 3.26. The molecule has 1 N–H and O–H groups in total. The molecule has 0 radical (unpaired) electrons. The minimum atomic E-state index is -4.07. The molecule has 4 rings (SSSR count). The van der Waals surface area contributed by atoms with Crippen LogP contribution in [0.15, 0.2) is 94.9 Å². The summed E-state index contributed by atoms with van der Waals surface area (Å²) in [6.07, 6.45) is 1.51. The zero-order chi connectivity index (χ0) is 23.4. The van der Waals surface area contributed by atoms with Gasteiger partial charge in [0.2, 0.25) is 0 Å². The molecule has 3 aromatic carbocycles. The molecule has 8 nitrogen and oxygen atoms in total. The Labute approximate surface area is 190 Å². The number of rotatable bonds is 6. The van der Waals surface area contributed by atoms with E-state index < -0.39 is 21.9 Å². The monoisotopic (exact) mass is 460 g/mol. The second-order valence-corrected chi connectivity index (χ2v) is 8.56. The molecule has 1 aromatic heterocycles. The molecule has 0 amide bonds. The van der Waals surface area contributed by atoms with Crippen molar-refractivity contribution in [3.05, 3.63) is 96.2 Å². The van der Waals surface area contributed by atoms with Gasteiger partial charge in [0.15, 0.2) is 0 Å². The lowest BCUT2D eigenvalue weighted by Crippen LogP contribution is -2.22. The minimum absolute atomic E-state index is 0.0178. The fourth-order valence-electron chi connectivity index (χ4n) is 3.27. The molecule has 9 heteroatoms. The molecule has 0 unspecified atom stereocenters. The Bertz CT molecular complexity index is 1480. The summed E-state index contributed by atoms with van der Waals surface area (Å²) < 4.78 is 33.6. The van der Waals surface area contributed by atoms with Crippen molar-refractivity contribution < 1.29 is 23.1 Å². The van der Waals surface area contributed by atoms with E-state index in [1.54, 1.807) is 48.5 Å². The highest BCUT2D eigenvalue weighted by molar-refractivity contribution is 7.93. The average Bonchev–Trinajstić information content (AvgIpc) is 2.83. The Balaban J connectivity index is 1.74. The van der Waals surface area contributed by atoms with Crippen molar-refractivity contribution in [2.24, 2.45) is 4.99 Å². The van der Waals surface area contributed by atoms with Gasteiger partial charge in [0.25, 0.3) is 10.0 Å². The number of carbonyl (C=O) groups excluding carboxylic acids is 1. The predicted molar refractivity (Wildman–Crippen MR) is 123 cm³/mol. The SMILES string of the molecule is COC(=O)c1ccccc1N=C([O-])c1ccccc1NS(=O)(=O)c1cccc2cccnc12. The number of para-hydroxylation sites is 3. The van der Waals surface area contributed by atoms with Gasteiger partial charge in [-0.15, -0.1) is 0 Å². The maximum atomic E-state index is 13.2. The number of sulfonamides is 1. The van der Waals surface area contributed by atoms with Gasteiger partial charge in [-0.1, -0.05) is 48.5 Å². The number of pyridine rings is 1. The molecule has 4 aromatic rings. The van der Waals surface area contributed by atoms with E-state index in [0.717, 1.165) is 0 Å². The standard InChI is InChI=1S/C24H19N3O5S/c1-32-24(29)18-11-3-4-12-19(18)26-23(28)17-10-2-5-13-20(17)27-33(30,31)21-14-6-8-16-9-7-15-25-22(16)21/h2-15,27H,1H3,(H,26,28)/p-1. The maximum Gasteiger partial charge on any atom is 0.340 e. The van der Waals surface area contributed by atoms with Gasteiger partial charge < -0.3 is 9.84 Å². The topological polar surface area (TPSA) is 121 Å². The van der Waals surface area contributed by atoms with E-state index in [0.29, 0.717) is 10.9 Å². The van der Waals surface area contributed by atoms with Crippen molar-refractivity contribution in [2.45, 2.75) is 4.90 Å². The van der Waals surface area contributed by atoms with Gasteiger partial charge in [0.1, 0.15) is 4.90 Å². The Morgan fingerprint density at radius 3 is 2.42 bits per heavy atom. The molecule has 0 saturated carbocycles. The van der Waals surface area contributed by atoms with Crippen molar-refractivity contribution in [2.75, 3.05) is 11.8 Å². The zero-order valence-electron chi connectivity index (χ0n) is 17.4. The molecule has 0 aliphatic heterocycles. The average molecular weight is 460 g/mol. The van der Waals surface area contributed by atoms with E-state index >= 15 is 0 Å². The minimum Gasteiger partial charge on any atom is -0.858 e. The highest BCUT2D eigenvalue weighted by atomic mass is 32.2. The van der Waals surface area contributed by atoms with Crippen LogP contribution in [0.1, 0.15) is 15.9 Å². The number of fused-ring (bicyclic) bond motifs is 1. The van der Waals surface area contributed by atoms with Crippen LogP contribution in [0.3, 0.4) is 0 Å². The number of nitrogens with zero attached hydrogens (tertiary/aromatic N) is 2. The third-order valence-corrected chi connectivity index (χ3v) is 6.22. The van der Waals surface area contributed by atoms with Crippen LogP contribution in [0.5, 0.6) is 0 Å². The lowest BCUT2D eigenvalue weighted by atomic mass is 10.1. The summed E-state index contributed by atoms with van der Waals surface area (Å²) in [4.78, 5) is 20.2. The molecule has 0 saturated heterocycles. The fraction of sp³-hybridized carbons (Fsp3) is 0.0417. The third-order valence-electron chi connectivity index (χ3n) is 4.82. The lowest BCUT2D eigenvalue weighted by molar-refractivity contribution is -0.212. The molecule has 0 aliphatic rings. The summed E-state index contributed by atoms with van der Waals surface area (Å²) in [7, 11) is -2.85. The first-order valence-electron chi connectivity index (χ1n) is 9.80. The van der Waals surface area contributed by atoms with Crippen LogP contribution in [0, 0.1) is 0 Å². The fourth-order valence-corrected chi connectivity index (χ4v) is 4.54. The van der Waals surface area contributed by atoms with Gasteiger partial charge in [0, 0.05) is 17.1 Å². The highest BCUT2D eigenvalue weighted by Gasteiger charge is 2.20. The lowest BCUT2D eigenvalue weighted by Gasteiger charge is -2.18. The summed E-state index contributed by atoms with van der Waals surface area (Å²) in [5.74, 6) is -1.36. The quantitative estimate of drug-likeness (QED) is 0.268. The van der Waals surface area contributed by atoms with E-state index in [9.17, 15) is 18.3 Å². The number of carbonyl (C=O) groups is 1. The number of nitrogens with one attached hydrogen (secondary N) is 1. The summed E-state index contributed by atoms with van der Waals surface area (Å²) >= 11 is 0. The van der Waals surface area contributed by atoms with E-state index in [-0.39, 0.29) is 27.4 Å². The van der Waals surface area contributed by atoms with Gasteiger partial charge in [-0.05, 0) is 36.2 Å². The number of methoxy groups -OCH3 is 1. The number of aromatic nitrogens is 1. The first-order chi connectivity index (χ1) is 15.9. The summed E-state index contributed by atoms with van der Waals surface area (Å²) in [6, 6.07) is 20.6. The Morgan fingerprint density at radius 1 is 0.939 bits per heavy atom. The number of ether oxygens (including phenoxy) is 1. The first-order valence-corrected chi connectivity index (χ1v) is 11.3. The highest BCUT2D eigenvalue weighted by Crippen LogP contribution is 2.26. The Kier molecular flexibility index (Phi) is 6.05. The number of hydrogen-bond donors (Lipinski definition) is 1. The van der Waals surface area contributed by atoms with Crippen molar-refractivity contribution >= 4 is 44.2 Å². The number of benzene rings is 3. The number of aliphatic imine (C=N–C) groups is 1. The molecule has 33 heavy (non-hydrogen) atoms. The van der Waals surface area contributed by atoms with Crippen molar-refractivity contribution in [1.82, 2.24) is 4.98 Å². The molecule has 166 valence electrons. The molecule has 0 bridgehead atoms. The number of anilines is 1. The van der Waals surface area contributed by atoms with Crippen molar-refractivity contribution in [3.63, 3.8) is 0 Å². The Morgan fingerprint density at radius 2 is 1.64 bits per heavy atom. The van der Waals surface area contributed by atoms with Crippen molar-refractivity contribution in [3.8, 4) is 0 Å².